The van der Waals surface area contributed by atoms with Gasteiger partial charge in [0.15, 0.2) is 0 Å². The smallest absolute Gasteiger partial charge is 0.244 e. The van der Waals surface area contributed by atoms with Gasteiger partial charge in [0.1, 0.15) is 17.1 Å². The Morgan fingerprint density at radius 3 is 3.05 bits per heavy atom. The molecule has 0 aromatic carbocycles. The molecule has 2 atom stereocenters. The molecule has 0 saturated carbocycles. The molecule has 1 fully saturated rings. The minimum Gasteiger partial charge on any atom is -0.376 e. The van der Waals surface area contributed by atoms with Gasteiger partial charge in [0.25, 0.3) is 0 Å². The highest BCUT2D eigenvalue weighted by molar-refractivity contribution is 5.81. The highest BCUT2D eigenvalue weighted by Gasteiger charge is 2.21. The second kappa shape index (κ2) is 5.48. The van der Waals surface area contributed by atoms with Crippen molar-refractivity contribution in [1.29, 1.82) is 0 Å². The SMILES string of the molecule is Cc1nn(C)c2cn([C@H](C)C(=O)NC[C@H]3CCCO3)nc12. The van der Waals surface area contributed by atoms with E-state index in [2.05, 4.69) is 15.5 Å². The molecule has 7 heteroatoms. The van der Waals surface area contributed by atoms with Crippen molar-refractivity contribution in [3.63, 3.8) is 0 Å². The number of hydrogen-bond donors (Lipinski definition) is 1. The number of ether oxygens (including phenoxy) is 1. The van der Waals surface area contributed by atoms with Crippen LogP contribution >= 0.6 is 0 Å². The molecule has 7 nitrogen and oxygen atoms in total. The molecule has 21 heavy (non-hydrogen) atoms. The Morgan fingerprint density at radius 1 is 1.57 bits per heavy atom. The van der Waals surface area contributed by atoms with E-state index < -0.39 is 0 Å². The maximum Gasteiger partial charge on any atom is 0.244 e. The van der Waals surface area contributed by atoms with E-state index in [1.165, 1.54) is 0 Å². The van der Waals surface area contributed by atoms with Crippen LogP contribution in [0.3, 0.4) is 0 Å². The number of aryl methyl sites for hydroxylation is 2. The van der Waals surface area contributed by atoms with E-state index in [0.29, 0.717) is 6.54 Å². The van der Waals surface area contributed by atoms with Crippen LogP contribution < -0.4 is 5.32 Å². The number of carbonyl (C=O) groups excluding carboxylic acids is 1. The maximum absolute atomic E-state index is 12.2. The number of fused-ring (bicyclic) bond motifs is 1. The molecule has 1 saturated heterocycles. The Balaban J connectivity index is 1.68. The lowest BCUT2D eigenvalue weighted by Gasteiger charge is -2.15. The van der Waals surface area contributed by atoms with E-state index in [-0.39, 0.29) is 18.1 Å². The summed E-state index contributed by atoms with van der Waals surface area (Å²) in [6.07, 6.45) is 4.12. The van der Waals surface area contributed by atoms with E-state index in [9.17, 15) is 4.79 Å². The van der Waals surface area contributed by atoms with Crippen molar-refractivity contribution in [3.8, 4) is 0 Å². The van der Waals surface area contributed by atoms with Crippen molar-refractivity contribution < 1.29 is 9.53 Å². The van der Waals surface area contributed by atoms with Crippen molar-refractivity contribution >= 4 is 16.9 Å². The van der Waals surface area contributed by atoms with E-state index in [4.69, 9.17) is 4.74 Å². The van der Waals surface area contributed by atoms with Gasteiger partial charge in [-0.1, -0.05) is 0 Å². The van der Waals surface area contributed by atoms with Crippen LogP contribution in [0.4, 0.5) is 0 Å². The lowest BCUT2D eigenvalue weighted by molar-refractivity contribution is -0.124. The summed E-state index contributed by atoms with van der Waals surface area (Å²) in [6, 6.07) is -0.349. The summed E-state index contributed by atoms with van der Waals surface area (Å²) in [7, 11) is 1.88. The summed E-state index contributed by atoms with van der Waals surface area (Å²) in [4.78, 5) is 12.2. The molecule has 3 heterocycles. The molecule has 3 rings (SSSR count). The third-order valence-corrected chi connectivity index (χ3v) is 4.01. The number of amides is 1. The fourth-order valence-electron chi connectivity index (χ4n) is 2.69. The summed E-state index contributed by atoms with van der Waals surface area (Å²) in [5.74, 6) is -0.0380. The Bertz CT molecular complexity index is 619. The molecule has 0 bridgehead atoms. The topological polar surface area (TPSA) is 74.0 Å². The highest BCUT2D eigenvalue weighted by atomic mass is 16.5. The van der Waals surface area contributed by atoms with Crippen LogP contribution in [0.2, 0.25) is 0 Å². The lowest BCUT2D eigenvalue weighted by atomic mass is 10.2. The summed E-state index contributed by atoms with van der Waals surface area (Å²) in [5.41, 5.74) is 2.65. The number of aromatic nitrogens is 4. The van der Waals surface area contributed by atoms with E-state index in [0.717, 1.165) is 36.2 Å². The molecule has 0 radical (unpaired) electrons. The van der Waals surface area contributed by atoms with Crippen LogP contribution in [0.1, 0.15) is 31.5 Å². The average Bonchev–Trinajstić information content (AvgIpc) is 3.16. The van der Waals surface area contributed by atoms with Crippen molar-refractivity contribution in [1.82, 2.24) is 24.9 Å². The molecular formula is C14H21N5O2. The van der Waals surface area contributed by atoms with Gasteiger partial charge in [0.05, 0.1) is 18.0 Å². The predicted molar refractivity (Wildman–Crippen MR) is 77.9 cm³/mol. The molecule has 1 N–H and O–H groups in total. The van der Waals surface area contributed by atoms with Crippen molar-refractivity contribution in [2.24, 2.45) is 7.05 Å². The van der Waals surface area contributed by atoms with Gasteiger partial charge in [0, 0.05) is 20.2 Å². The monoisotopic (exact) mass is 291 g/mol. The zero-order chi connectivity index (χ0) is 15.0. The van der Waals surface area contributed by atoms with Crippen LogP contribution in [0, 0.1) is 6.92 Å². The first-order valence-corrected chi connectivity index (χ1v) is 7.34. The standard InChI is InChI=1S/C14H21N5O2/c1-9-13-12(18(3)16-9)8-19(17-13)10(2)14(20)15-7-11-5-4-6-21-11/h8,10-11H,4-7H2,1-3H3,(H,15,20)/t10-,11-/m1/s1. The fraction of sp³-hybridized carbons (Fsp3) is 0.643. The van der Waals surface area contributed by atoms with Gasteiger partial charge in [-0.3, -0.25) is 14.2 Å². The number of nitrogens with zero attached hydrogens (tertiary/aromatic N) is 4. The predicted octanol–water partition coefficient (Wildman–Crippen LogP) is 0.934. The lowest BCUT2D eigenvalue weighted by Crippen LogP contribution is -2.36. The van der Waals surface area contributed by atoms with Crippen LogP contribution in [0.15, 0.2) is 6.20 Å². The van der Waals surface area contributed by atoms with Gasteiger partial charge in [-0.25, -0.2) is 0 Å². The van der Waals surface area contributed by atoms with Crippen LogP contribution in [0.25, 0.3) is 11.0 Å². The van der Waals surface area contributed by atoms with Crippen molar-refractivity contribution in [2.45, 2.75) is 38.8 Å². The van der Waals surface area contributed by atoms with Gasteiger partial charge in [-0.15, -0.1) is 0 Å². The minimum absolute atomic E-state index is 0.0380. The van der Waals surface area contributed by atoms with Crippen LogP contribution in [0.5, 0.6) is 0 Å². The number of carbonyl (C=O) groups is 1. The first-order chi connectivity index (χ1) is 10.1. The second-order valence-electron chi connectivity index (χ2n) is 5.61. The van der Waals surface area contributed by atoms with Crippen molar-refractivity contribution in [3.05, 3.63) is 11.9 Å². The van der Waals surface area contributed by atoms with Crippen molar-refractivity contribution in [2.75, 3.05) is 13.2 Å². The van der Waals surface area contributed by atoms with Gasteiger partial charge in [0.2, 0.25) is 5.91 Å². The summed E-state index contributed by atoms with van der Waals surface area (Å²) >= 11 is 0. The average molecular weight is 291 g/mol. The normalized spacial score (nSPS) is 20.0. The van der Waals surface area contributed by atoms with Crippen LogP contribution in [-0.4, -0.2) is 44.7 Å². The molecular weight excluding hydrogens is 270 g/mol. The first-order valence-electron chi connectivity index (χ1n) is 7.34. The Labute approximate surface area is 123 Å². The van der Waals surface area contributed by atoms with Gasteiger partial charge >= 0.3 is 0 Å². The molecule has 0 unspecified atom stereocenters. The van der Waals surface area contributed by atoms with Crippen LogP contribution in [-0.2, 0) is 16.6 Å². The number of rotatable bonds is 4. The molecule has 114 valence electrons. The minimum atomic E-state index is -0.349. The van der Waals surface area contributed by atoms with Gasteiger partial charge in [-0.05, 0) is 26.7 Å². The molecule has 1 aliphatic rings. The molecule has 0 aliphatic carbocycles. The first kappa shape index (κ1) is 14.1. The zero-order valence-electron chi connectivity index (χ0n) is 12.7. The molecule has 1 aliphatic heterocycles. The van der Waals surface area contributed by atoms with E-state index in [1.807, 2.05) is 27.1 Å². The second-order valence-corrected chi connectivity index (χ2v) is 5.61. The maximum atomic E-state index is 12.2. The van der Waals surface area contributed by atoms with Gasteiger partial charge in [-0.2, -0.15) is 10.2 Å². The summed E-state index contributed by atoms with van der Waals surface area (Å²) in [6.45, 7) is 5.14. The summed E-state index contributed by atoms with van der Waals surface area (Å²) < 4.78 is 8.99. The zero-order valence-corrected chi connectivity index (χ0v) is 12.7. The molecule has 2 aromatic rings. The summed E-state index contributed by atoms with van der Waals surface area (Å²) in [5, 5.41) is 11.7. The largest absolute Gasteiger partial charge is 0.376 e. The van der Waals surface area contributed by atoms with E-state index in [1.54, 1.807) is 9.36 Å². The molecule has 1 amide bonds. The number of hydrogen-bond acceptors (Lipinski definition) is 4. The highest BCUT2D eigenvalue weighted by Crippen LogP contribution is 2.18. The molecule has 2 aromatic heterocycles. The quantitative estimate of drug-likeness (QED) is 0.909. The van der Waals surface area contributed by atoms with Gasteiger partial charge < -0.3 is 10.1 Å². The Hall–Kier alpha value is -1.89. The number of nitrogens with one attached hydrogen (secondary N) is 1. The van der Waals surface area contributed by atoms with E-state index >= 15 is 0 Å². The third-order valence-electron chi connectivity index (χ3n) is 4.01. The third kappa shape index (κ3) is 2.65. The Morgan fingerprint density at radius 2 is 2.38 bits per heavy atom. The molecule has 0 spiro atoms. The fourth-order valence-corrected chi connectivity index (χ4v) is 2.69. The Kier molecular flexibility index (Phi) is 3.67.